The molecule has 164 valence electrons. The predicted octanol–water partition coefficient (Wildman–Crippen LogP) is 2.63. The van der Waals surface area contributed by atoms with Crippen LogP contribution in [0.1, 0.15) is 31.2 Å². The van der Waals surface area contributed by atoms with Gasteiger partial charge in [0.1, 0.15) is 11.5 Å². The first kappa shape index (κ1) is 24.0. The number of hydrogen-bond donors (Lipinski definition) is 2. The lowest BCUT2D eigenvalue weighted by Gasteiger charge is -2.45. The number of methoxy groups -OCH3 is 2. The minimum atomic E-state index is 0. The fraction of sp³-hybridized carbons (Fsp3) is 0.667. The molecule has 0 radical (unpaired) electrons. The second-order valence-corrected chi connectivity index (χ2v) is 7.49. The highest BCUT2D eigenvalue weighted by Crippen LogP contribution is 2.30. The van der Waals surface area contributed by atoms with E-state index >= 15 is 0 Å². The molecule has 2 saturated heterocycles. The molecule has 1 aromatic rings. The van der Waals surface area contributed by atoms with E-state index in [1.165, 1.54) is 25.9 Å². The summed E-state index contributed by atoms with van der Waals surface area (Å²) in [7, 11) is 5.15. The number of rotatable bonds is 7. The molecule has 7 nitrogen and oxygen atoms in total. The van der Waals surface area contributed by atoms with Crippen LogP contribution in [0.4, 0.5) is 0 Å². The molecule has 29 heavy (non-hydrogen) atoms. The van der Waals surface area contributed by atoms with E-state index in [0.29, 0.717) is 6.54 Å². The van der Waals surface area contributed by atoms with Crippen molar-refractivity contribution in [1.82, 2.24) is 15.5 Å². The van der Waals surface area contributed by atoms with Gasteiger partial charge >= 0.3 is 0 Å². The number of ether oxygens (including phenoxy) is 3. The predicted molar refractivity (Wildman–Crippen MR) is 127 cm³/mol. The average Bonchev–Trinajstić information content (AvgIpc) is 3.30. The quantitative estimate of drug-likeness (QED) is 0.329. The lowest BCUT2D eigenvalue weighted by molar-refractivity contribution is -0.0164. The van der Waals surface area contributed by atoms with Gasteiger partial charge in [-0.15, -0.1) is 24.0 Å². The van der Waals surface area contributed by atoms with Crippen molar-refractivity contribution in [3.05, 3.63) is 23.8 Å². The Morgan fingerprint density at radius 2 is 1.86 bits per heavy atom. The van der Waals surface area contributed by atoms with Crippen LogP contribution in [-0.4, -0.2) is 70.5 Å². The first-order chi connectivity index (χ1) is 13.7. The number of nitrogens with one attached hydrogen (secondary N) is 2. The maximum absolute atomic E-state index is 5.64. The number of likely N-dealkylation sites (tertiary alicyclic amines) is 1. The number of halogens is 1. The van der Waals surface area contributed by atoms with Gasteiger partial charge in [-0.1, -0.05) is 0 Å². The van der Waals surface area contributed by atoms with E-state index < -0.39 is 0 Å². The lowest BCUT2D eigenvalue weighted by Crippen LogP contribution is -2.58. The van der Waals surface area contributed by atoms with E-state index in [1.54, 1.807) is 14.2 Å². The SMILES string of the molecule is CN=C(NCc1ccc(OC)cc1OC)NCC1(N2CCCC2)CCOCC1.I. The van der Waals surface area contributed by atoms with Gasteiger partial charge in [0.25, 0.3) is 0 Å². The van der Waals surface area contributed by atoms with Crippen molar-refractivity contribution in [2.75, 3.05) is 54.1 Å². The maximum Gasteiger partial charge on any atom is 0.191 e. The smallest absolute Gasteiger partial charge is 0.191 e. The third kappa shape index (κ3) is 6.11. The molecule has 0 spiro atoms. The Balaban J connectivity index is 0.00000300. The van der Waals surface area contributed by atoms with Crippen LogP contribution in [0.2, 0.25) is 0 Å². The Morgan fingerprint density at radius 3 is 2.48 bits per heavy atom. The summed E-state index contributed by atoms with van der Waals surface area (Å²) in [6.45, 7) is 5.58. The molecule has 0 saturated carbocycles. The molecule has 2 fully saturated rings. The molecule has 0 unspecified atom stereocenters. The van der Waals surface area contributed by atoms with E-state index in [4.69, 9.17) is 14.2 Å². The molecule has 1 aromatic carbocycles. The summed E-state index contributed by atoms with van der Waals surface area (Å²) in [5.74, 6) is 2.40. The van der Waals surface area contributed by atoms with Crippen LogP contribution in [0.15, 0.2) is 23.2 Å². The van der Waals surface area contributed by atoms with Crippen molar-refractivity contribution in [2.24, 2.45) is 4.99 Å². The van der Waals surface area contributed by atoms with Gasteiger partial charge in [0, 0.05) is 50.5 Å². The van der Waals surface area contributed by atoms with E-state index in [9.17, 15) is 0 Å². The third-order valence-corrected chi connectivity index (χ3v) is 5.95. The highest BCUT2D eigenvalue weighted by molar-refractivity contribution is 14.0. The molecule has 0 aromatic heterocycles. The minimum absolute atomic E-state index is 0. The Morgan fingerprint density at radius 1 is 1.14 bits per heavy atom. The summed E-state index contributed by atoms with van der Waals surface area (Å²) < 4.78 is 16.4. The van der Waals surface area contributed by atoms with Crippen molar-refractivity contribution >= 4 is 29.9 Å². The van der Waals surface area contributed by atoms with E-state index in [2.05, 4.69) is 20.5 Å². The van der Waals surface area contributed by atoms with Crippen molar-refractivity contribution in [3.63, 3.8) is 0 Å². The first-order valence-corrected chi connectivity index (χ1v) is 10.2. The van der Waals surface area contributed by atoms with Gasteiger partial charge in [0.05, 0.1) is 14.2 Å². The van der Waals surface area contributed by atoms with E-state index in [1.807, 2.05) is 25.2 Å². The summed E-state index contributed by atoms with van der Waals surface area (Å²) in [6.07, 6.45) is 4.74. The van der Waals surface area contributed by atoms with Gasteiger partial charge in [-0.25, -0.2) is 0 Å². The van der Waals surface area contributed by atoms with Gasteiger partial charge in [-0.2, -0.15) is 0 Å². The van der Waals surface area contributed by atoms with Crippen LogP contribution in [0, 0.1) is 0 Å². The molecule has 2 heterocycles. The second kappa shape index (κ2) is 11.8. The number of benzene rings is 1. The molecular formula is C21H35IN4O3. The van der Waals surface area contributed by atoms with Gasteiger partial charge < -0.3 is 24.8 Å². The Hall–Kier alpha value is -1.26. The number of aliphatic imine (C=N–C) groups is 1. The van der Waals surface area contributed by atoms with Crippen LogP contribution in [0.5, 0.6) is 11.5 Å². The monoisotopic (exact) mass is 518 g/mol. The van der Waals surface area contributed by atoms with Crippen molar-refractivity contribution in [2.45, 2.75) is 37.8 Å². The van der Waals surface area contributed by atoms with Gasteiger partial charge in [-0.05, 0) is 50.9 Å². The summed E-state index contributed by atoms with van der Waals surface area (Å²) in [5.41, 5.74) is 1.23. The Labute approximate surface area is 191 Å². The van der Waals surface area contributed by atoms with Crippen LogP contribution in [0.25, 0.3) is 0 Å². The zero-order chi connectivity index (χ0) is 19.8. The normalized spacial score (nSPS) is 19.3. The van der Waals surface area contributed by atoms with Crippen LogP contribution in [-0.2, 0) is 11.3 Å². The zero-order valence-electron chi connectivity index (χ0n) is 17.8. The average molecular weight is 518 g/mol. The molecule has 3 rings (SSSR count). The van der Waals surface area contributed by atoms with Gasteiger partial charge in [0.15, 0.2) is 5.96 Å². The Bertz CT molecular complexity index is 659. The van der Waals surface area contributed by atoms with Crippen LogP contribution >= 0.6 is 24.0 Å². The lowest BCUT2D eigenvalue weighted by atomic mass is 9.88. The highest BCUT2D eigenvalue weighted by Gasteiger charge is 2.39. The number of nitrogens with zero attached hydrogens (tertiary/aromatic N) is 2. The molecular weight excluding hydrogens is 483 g/mol. The first-order valence-electron chi connectivity index (χ1n) is 10.2. The van der Waals surface area contributed by atoms with Gasteiger partial charge in [-0.3, -0.25) is 9.89 Å². The maximum atomic E-state index is 5.64. The zero-order valence-corrected chi connectivity index (χ0v) is 20.2. The molecule has 2 N–H and O–H groups in total. The summed E-state index contributed by atoms with van der Waals surface area (Å²) >= 11 is 0. The molecule has 0 aliphatic carbocycles. The Kier molecular flexibility index (Phi) is 9.78. The molecule has 0 amide bonds. The number of guanidine groups is 1. The van der Waals surface area contributed by atoms with Crippen LogP contribution in [0.3, 0.4) is 0 Å². The van der Waals surface area contributed by atoms with Crippen LogP contribution < -0.4 is 20.1 Å². The molecule has 0 bridgehead atoms. The topological polar surface area (TPSA) is 67.4 Å². The molecule has 2 aliphatic rings. The summed E-state index contributed by atoms with van der Waals surface area (Å²) in [5, 5.41) is 6.98. The second-order valence-electron chi connectivity index (χ2n) is 7.49. The van der Waals surface area contributed by atoms with Crippen molar-refractivity contribution in [1.29, 1.82) is 0 Å². The highest BCUT2D eigenvalue weighted by atomic mass is 127. The van der Waals surface area contributed by atoms with Gasteiger partial charge in [0.2, 0.25) is 0 Å². The largest absolute Gasteiger partial charge is 0.497 e. The van der Waals surface area contributed by atoms with Crippen molar-refractivity contribution in [3.8, 4) is 11.5 Å². The standard InChI is InChI=1S/C21H34N4O3.HI/c1-22-20(23-15-17-6-7-18(26-2)14-19(17)27-3)24-16-21(8-12-28-13-9-21)25-10-4-5-11-25;/h6-7,14H,4-5,8-13,15-16H2,1-3H3,(H2,22,23,24);1H. The summed E-state index contributed by atoms with van der Waals surface area (Å²) in [6, 6.07) is 5.86. The van der Waals surface area contributed by atoms with E-state index in [0.717, 1.165) is 55.6 Å². The third-order valence-electron chi connectivity index (χ3n) is 5.95. The molecule has 2 aliphatic heterocycles. The molecule has 8 heteroatoms. The summed E-state index contributed by atoms with van der Waals surface area (Å²) in [4.78, 5) is 7.07. The fourth-order valence-corrected chi connectivity index (χ4v) is 4.19. The molecule has 0 atom stereocenters. The fourth-order valence-electron chi connectivity index (χ4n) is 4.19. The number of hydrogen-bond acceptors (Lipinski definition) is 5. The van der Waals surface area contributed by atoms with E-state index in [-0.39, 0.29) is 29.5 Å². The van der Waals surface area contributed by atoms with Crippen molar-refractivity contribution < 1.29 is 14.2 Å². The minimum Gasteiger partial charge on any atom is -0.497 e.